The minimum absolute atomic E-state index is 0.0905. The van der Waals surface area contributed by atoms with E-state index < -0.39 is 10.0 Å². The minimum atomic E-state index is -3.36. The number of methoxy groups -OCH3 is 1. The molecule has 0 saturated carbocycles. The highest BCUT2D eigenvalue weighted by Crippen LogP contribution is 2.28. The van der Waals surface area contributed by atoms with Crippen molar-refractivity contribution in [3.63, 3.8) is 0 Å². The first kappa shape index (κ1) is 18.2. The molecule has 1 aliphatic heterocycles. The molecule has 0 amide bonds. The van der Waals surface area contributed by atoms with Gasteiger partial charge in [-0.15, -0.1) is 0 Å². The van der Waals surface area contributed by atoms with Crippen molar-refractivity contribution in [1.82, 2.24) is 9.29 Å². The van der Waals surface area contributed by atoms with Crippen molar-refractivity contribution in [1.29, 1.82) is 0 Å². The second-order valence-corrected chi connectivity index (χ2v) is 9.06. The Labute approximate surface area is 138 Å². The van der Waals surface area contributed by atoms with Gasteiger partial charge in [0.25, 0.3) is 0 Å². The van der Waals surface area contributed by atoms with Gasteiger partial charge in [0.05, 0.1) is 24.1 Å². The van der Waals surface area contributed by atoms with Gasteiger partial charge in [-0.3, -0.25) is 4.98 Å². The summed E-state index contributed by atoms with van der Waals surface area (Å²) in [5, 5.41) is 0. The van der Waals surface area contributed by atoms with Gasteiger partial charge in [-0.2, -0.15) is 4.31 Å². The number of nitrogens with zero attached hydrogens (tertiary/aromatic N) is 2. The molecule has 1 aromatic rings. The number of hydrogen-bond donors (Lipinski definition) is 0. The highest BCUT2D eigenvalue weighted by Gasteiger charge is 2.41. The second kappa shape index (κ2) is 7.15. The molecule has 0 N–H and O–H groups in total. The van der Waals surface area contributed by atoms with Crippen LogP contribution in [0.1, 0.15) is 27.2 Å². The maximum Gasteiger partial charge on any atom is 0.215 e. The van der Waals surface area contributed by atoms with Crippen LogP contribution in [0.2, 0.25) is 0 Å². The molecule has 0 radical (unpaired) electrons. The Morgan fingerprint density at radius 3 is 2.70 bits per heavy atom. The largest absolute Gasteiger partial charge is 0.490 e. The molecular weight excluding hydrogens is 316 g/mol. The van der Waals surface area contributed by atoms with Gasteiger partial charge in [-0.05, 0) is 24.0 Å². The number of hydrogen-bond acceptors (Lipinski definition) is 5. The van der Waals surface area contributed by atoms with Crippen molar-refractivity contribution in [2.24, 2.45) is 5.41 Å². The van der Waals surface area contributed by atoms with Crippen LogP contribution in [-0.4, -0.2) is 55.9 Å². The molecule has 2 heterocycles. The SMILES string of the molecule is CO[C@@H]1C[C@@H](COc2cccnc2)N(S(=O)(=O)CC(C)(C)C)C1. The Bertz CT molecular complexity index is 598. The predicted octanol–water partition coefficient (Wildman–Crippen LogP) is 1.93. The monoisotopic (exact) mass is 342 g/mol. The molecule has 6 nitrogen and oxygen atoms in total. The van der Waals surface area contributed by atoms with Crippen LogP contribution in [0.15, 0.2) is 24.5 Å². The fourth-order valence-electron chi connectivity index (χ4n) is 2.76. The molecule has 7 heteroatoms. The Morgan fingerprint density at radius 2 is 2.13 bits per heavy atom. The minimum Gasteiger partial charge on any atom is -0.490 e. The van der Waals surface area contributed by atoms with E-state index in [2.05, 4.69) is 4.98 Å². The lowest BCUT2D eigenvalue weighted by molar-refractivity contribution is 0.113. The Morgan fingerprint density at radius 1 is 1.39 bits per heavy atom. The summed E-state index contributed by atoms with van der Waals surface area (Å²) in [4.78, 5) is 4.00. The van der Waals surface area contributed by atoms with Gasteiger partial charge in [0, 0.05) is 19.9 Å². The van der Waals surface area contributed by atoms with E-state index in [-0.39, 0.29) is 23.3 Å². The third-order valence-corrected chi connectivity index (χ3v) is 6.10. The smallest absolute Gasteiger partial charge is 0.215 e. The standard InChI is InChI=1S/C16H26N2O4S/c1-16(2,3)12-23(19,20)18-10-15(21-4)8-13(18)11-22-14-6-5-7-17-9-14/h5-7,9,13,15H,8,10-12H2,1-4H3/t13-,15+/m0/s1. The summed E-state index contributed by atoms with van der Waals surface area (Å²) < 4.78 is 38.1. The molecule has 1 aromatic heterocycles. The molecule has 0 spiro atoms. The average molecular weight is 342 g/mol. The molecule has 2 rings (SSSR count). The molecule has 0 aromatic carbocycles. The van der Waals surface area contributed by atoms with E-state index in [4.69, 9.17) is 9.47 Å². The van der Waals surface area contributed by atoms with E-state index in [0.29, 0.717) is 25.3 Å². The number of sulfonamides is 1. The van der Waals surface area contributed by atoms with E-state index in [1.54, 1.807) is 29.9 Å². The van der Waals surface area contributed by atoms with Crippen LogP contribution >= 0.6 is 0 Å². The van der Waals surface area contributed by atoms with Gasteiger partial charge in [-0.1, -0.05) is 20.8 Å². The van der Waals surface area contributed by atoms with Crippen LogP contribution in [0.25, 0.3) is 0 Å². The third-order valence-electron chi connectivity index (χ3n) is 3.71. The zero-order valence-corrected chi connectivity index (χ0v) is 15.0. The van der Waals surface area contributed by atoms with Gasteiger partial charge >= 0.3 is 0 Å². The van der Waals surface area contributed by atoms with E-state index in [9.17, 15) is 8.42 Å². The van der Waals surface area contributed by atoms with Crippen molar-refractivity contribution in [2.45, 2.75) is 39.3 Å². The van der Waals surface area contributed by atoms with Gasteiger partial charge in [-0.25, -0.2) is 8.42 Å². The maximum absolute atomic E-state index is 12.7. The highest BCUT2D eigenvalue weighted by atomic mass is 32.2. The van der Waals surface area contributed by atoms with Crippen LogP contribution in [-0.2, 0) is 14.8 Å². The van der Waals surface area contributed by atoms with Crippen LogP contribution in [0, 0.1) is 5.41 Å². The molecule has 130 valence electrons. The van der Waals surface area contributed by atoms with Crippen molar-refractivity contribution < 1.29 is 17.9 Å². The maximum atomic E-state index is 12.7. The molecule has 0 unspecified atom stereocenters. The van der Waals surface area contributed by atoms with Crippen molar-refractivity contribution in [2.75, 3.05) is 26.0 Å². The first-order valence-corrected chi connectivity index (χ1v) is 9.37. The van der Waals surface area contributed by atoms with Crippen LogP contribution < -0.4 is 4.74 Å². The summed E-state index contributed by atoms with van der Waals surface area (Å²) >= 11 is 0. The van der Waals surface area contributed by atoms with Crippen LogP contribution in [0.3, 0.4) is 0 Å². The van der Waals surface area contributed by atoms with E-state index in [0.717, 1.165) is 0 Å². The van der Waals surface area contributed by atoms with E-state index in [1.807, 2.05) is 26.8 Å². The zero-order valence-electron chi connectivity index (χ0n) is 14.2. The second-order valence-electron chi connectivity index (χ2n) is 7.13. The number of pyridine rings is 1. The van der Waals surface area contributed by atoms with Crippen LogP contribution in [0.4, 0.5) is 0 Å². The molecule has 0 bridgehead atoms. The summed E-state index contributed by atoms with van der Waals surface area (Å²) in [5.41, 5.74) is -0.293. The van der Waals surface area contributed by atoms with E-state index in [1.165, 1.54) is 0 Å². The molecule has 23 heavy (non-hydrogen) atoms. The fourth-order valence-corrected chi connectivity index (χ4v) is 5.02. The molecule has 1 aliphatic rings. The van der Waals surface area contributed by atoms with Gasteiger partial charge in [0.15, 0.2) is 0 Å². The predicted molar refractivity (Wildman–Crippen MR) is 88.9 cm³/mol. The molecule has 1 saturated heterocycles. The topological polar surface area (TPSA) is 68.7 Å². The summed E-state index contributed by atoms with van der Waals surface area (Å²) in [6, 6.07) is 3.38. The lowest BCUT2D eigenvalue weighted by Gasteiger charge is -2.27. The molecule has 1 fully saturated rings. The Hall–Kier alpha value is -1.18. The van der Waals surface area contributed by atoms with Gasteiger partial charge < -0.3 is 9.47 Å². The number of rotatable bonds is 6. The lowest BCUT2D eigenvalue weighted by Crippen LogP contribution is -2.42. The Balaban J connectivity index is 2.09. The van der Waals surface area contributed by atoms with Crippen molar-refractivity contribution >= 4 is 10.0 Å². The fraction of sp³-hybridized carbons (Fsp3) is 0.688. The van der Waals surface area contributed by atoms with E-state index >= 15 is 0 Å². The quantitative estimate of drug-likeness (QED) is 0.790. The lowest BCUT2D eigenvalue weighted by atomic mass is 10.0. The van der Waals surface area contributed by atoms with Crippen molar-refractivity contribution in [3.8, 4) is 5.75 Å². The first-order valence-electron chi connectivity index (χ1n) is 7.76. The molecule has 0 aliphatic carbocycles. The number of aromatic nitrogens is 1. The average Bonchev–Trinajstić information content (AvgIpc) is 2.88. The first-order chi connectivity index (χ1) is 10.7. The summed E-state index contributed by atoms with van der Waals surface area (Å²) in [7, 11) is -1.74. The summed E-state index contributed by atoms with van der Waals surface area (Å²) in [5.74, 6) is 0.751. The summed E-state index contributed by atoms with van der Waals surface area (Å²) in [6.45, 7) is 6.46. The van der Waals surface area contributed by atoms with Crippen molar-refractivity contribution in [3.05, 3.63) is 24.5 Å². The highest BCUT2D eigenvalue weighted by molar-refractivity contribution is 7.89. The molecular formula is C16H26N2O4S. The van der Waals surface area contributed by atoms with Gasteiger partial charge in [0.2, 0.25) is 10.0 Å². The summed E-state index contributed by atoms with van der Waals surface area (Å²) in [6.07, 6.45) is 3.84. The normalized spacial score (nSPS) is 23.1. The molecule has 2 atom stereocenters. The zero-order chi connectivity index (χ0) is 17.1. The Kier molecular flexibility index (Phi) is 5.65. The van der Waals surface area contributed by atoms with Crippen LogP contribution in [0.5, 0.6) is 5.75 Å². The third kappa shape index (κ3) is 5.16. The van der Waals surface area contributed by atoms with Gasteiger partial charge in [0.1, 0.15) is 12.4 Å². The number of ether oxygens (including phenoxy) is 2.